The van der Waals surface area contributed by atoms with Crippen LogP contribution in [0.5, 0.6) is 0 Å². The molecule has 0 amide bonds. The zero-order chi connectivity index (χ0) is 15.0. The second-order valence-corrected chi connectivity index (χ2v) is 7.87. The molecular weight excluding hydrogens is 308 g/mol. The second kappa shape index (κ2) is 5.58. The molecule has 21 heavy (non-hydrogen) atoms. The predicted molar refractivity (Wildman–Crippen MR) is 84.4 cm³/mol. The summed E-state index contributed by atoms with van der Waals surface area (Å²) in [5, 5.41) is 5.29. The first-order valence-corrected chi connectivity index (χ1v) is 9.62. The first-order valence-electron chi connectivity index (χ1n) is 7.30. The van der Waals surface area contributed by atoms with Crippen molar-refractivity contribution in [2.45, 2.75) is 44.2 Å². The van der Waals surface area contributed by atoms with E-state index >= 15 is 0 Å². The molecule has 8 heteroatoms. The van der Waals surface area contributed by atoms with Crippen molar-refractivity contribution in [1.29, 1.82) is 0 Å². The molecule has 0 bridgehead atoms. The van der Waals surface area contributed by atoms with Crippen LogP contribution in [0.3, 0.4) is 0 Å². The maximum Gasteiger partial charge on any atom is 0.263 e. The molecule has 116 valence electrons. The second-order valence-electron chi connectivity index (χ2n) is 5.19. The van der Waals surface area contributed by atoms with Crippen LogP contribution in [-0.4, -0.2) is 41.2 Å². The third-order valence-electron chi connectivity index (χ3n) is 3.58. The number of rotatable bonds is 7. The van der Waals surface area contributed by atoms with Gasteiger partial charge < -0.3 is 5.32 Å². The minimum atomic E-state index is -3.52. The summed E-state index contributed by atoms with van der Waals surface area (Å²) in [6.45, 7) is 5.14. The van der Waals surface area contributed by atoms with Gasteiger partial charge in [-0.25, -0.2) is 13.4 Å². The van der Waals surface area contributed by atoms with E-state index in [4.69, 9.17) is 0 Å². The monoisotopic (exact) mass is 328 g/mol. The van der Waals surface area contributed by atoms with E-state index in [1.54, 1.807) is 14.9 Å². The summed E-state index contributed by atoms with van der Waals surface area (Å²) in [7, 11) is -3.52. The van der Waals surface area contributed by atoms with Gasteiger partial charge in [-0.05, 0) is 19.3 Å². The quantitative estimate of drug-likeness (QED) is 0.847. The first kappa shape index (κ1) is 14.8. The van der Waals surface area contributed by atoms with Crippen LogP contribution in [0.2, 0.25) is 0 Å². The number of sulfonamides is 1. The lowest BCUT2D eigenvalue weighted by atomic mass is 10.5. The largest absolute Gasteiger partial charge is 0.368 e. The molecule has 0 radical (unpaired) electrons. The number of thiazole rings is 1. The van der Waals surface area contributed by atoms with E-state index in [0.717, 1.165) is 19.3 Å². The van der Waals surface area contributed by atoms with Crippen LogP contribution in [0.15, 0.2) is 16.6 Å². The molecule has 0 aliphatic heterocycles. The SMILES string of the molecule is CCCNc1nc2sccn2c1S(=O)(=O)N(CC)C1CC1. The summed E-state index contributed by atoms with van der Waals surface area (Å²) in [6, 6.07) is 0.156. The van der Waals surface area contributed by atoms with Crippen molar-refractivity contribution >= 4 is 32.1 Å². The molecule has 1 saturated carbocycles. The van der Waals surface area contributed by atoms with Crippen LogP contribution in [0.25, 0.3) is 4.96 Å². The van der Waals surface area contributed by atoms with Gasteiger partial charge >= 0.3 is 0 Å². The Bertz CT molecular complexity index is 731. The van der Waals surface area contributed by atoms with E-state index in [-0.39, 0.29) is 11.1 Å². The molecule has 1 N–H and O–H groups in total. The standard InChI is InChI=1S/C13H20N4O2S2/c1-3-7-14-11-12(16-8-9-20-13(16)15-11)21(18,19)17(4-2)10-5-6-10/h8-10,14H,3-7H2,1-2H3. The Morgan fingerprint density at radius 1 is 1.48 bits per heavy atom. The summed E-state index contributed by atoms with van der Waals surface area (Å²) in [6.07, 6.45) is 4.61. The number of imidazole rings is 1. The normalized spacial score (nSPS) is 16.0. The zero-order valence-corrected chi connectivity index (χ0v) is 13.9. The fourth-order valence-corrected chi connectivity index (χ4v) is 5.16. The average molecular weight is 328 g/mol. The Kier molecular flexibility index (Phi) is 3.94. The third-order valence-corrected chi connectivity index (χ3v) is 6.39. The molecule has 0 unspecified atom stereocenters. The van der Waals surface area contributed by atoms with Gasteiger partial charge in [0.05, 0.1) is 0 Å². The lowest BCUT2D eigenvalue weighted by molar-refractivity contribution is 0.418. The minimum Gasteiger partial charge on any atom is -0.368 e. The number of fused-ring (bicyclic) bond motifs is 1. The van der Waals surface area contributed by atoms with Gasteiger partial charge in [-0.3, -0.25) is 4.40 Å². The number of nitrogens with one attached hydrogen (secondary N) is 1. The summed E-state index contributed by atoms with van der Waals surface area (Å²) >= 11 is 1.44. The fourth-order valence-electron chi connectivity index (χ4n) is 2.47. The Morgan fingerprint density at radius 3 is 2.86 bits per heavy atom. The van der Waals surface area contributed by atoms with E-state index < -0.39 is 10.0 Å². The van der Waals surface area contributed by atoms with Crippen molar-refractivity contribution < 1.29 is 8.42 Å². The van der Waals surface area contributed by atoms with Crippen molar-refractivity contribution in [3.63, 3.8) is 0 Å². The summed E-state index contributed by atoms with van der Waals surface area (Å²) < 4.78 is 29.3. The average Bonchev–Trinajstić information content (AvgIpc) is 3.05. The molecule has 3 rings (SSSR count). The zero-order valence-electron chi connectivity index (χ0n) is 12.2. The van der Waals surface area contributed by atoms with Gasteiger partial charge in [-0.1, -0.05) is 13.8 Å². The highest BCUT2D eigenvalue weighted by molar-refractivity contribution is 7.89. The third kappa shape index (κ3) is 2.56. The molecule has 0 atom stereocenters. The highest BCUT2D eigenvalue weighted by Gasteiger charge is 2.40. The van der Waals surface area contributed by atoms with Gasteiger partial charge in [0.2, 0.25) is 0 Å². The number of hydrogen-bond acceptors (Lipinski definition) is 5. The molecule has 0 aromatic carbocycles. The van der Waals surface area contributed by atoms with Crippen LogP contribution < -0.4 is 5.32 Å². The number of nitrogens with zero attached hydrogens (tertiary/aromatic N) is 3. The van der Waals surface area contributed by atoms with Gasteiger partial charge in [-0.15, -0.1) is 11.3 Å². The molecule has 2 aromatic heterocycles. The van der Waals surface area contributed by atoms with Gasteiger partial charge in [0.25, 0.3) is 10.0 Å². The summed E-state index contributed by atoms with van der Waals surface area (Å²) in [5.74, 6) is 0.475. The topological polar surface area (TPSA) is 66.7 Å². The van der Waals surface area contributed by atoms with Crippen LogP contribution in [-0.2, 0) is 10.0 Å². The fraction of sp³-hybridized carbons (Fsp3) is 0.615. The van der Waals surface area contributed by atoms with E-state index in [2.05, 4.69) is 10.3 Å². The number of anilines is 1. The van der Waals surface area contributed by atoms with Crippen molar-refractivity contribution in [1.82, 2.24) is 13.7 Å². The summed E-state index contributed by atoms with van der Waals surface area (Å²) in [5.41, 5.74) is 0. The smallest absolute Gasteiger partial charge is 0.263 e. The number of hydrogen-bond donors (Lipinski definition) is 1. The molecule has 6 nitrogen and oxygen atoms in total. The van der Waals surface area contributed by atoms with Crippen LogP contribution in [0.1, 0.15) is 33.1 Å². The van der Waals surface area contributed by atoms with E-state index in [1.165, 1.54) is 11.3 Å². The highest BCUT2D eigenvalue weighted by atomic mass is 32.2. The molecular formula is C13H20N4O2S2. The van der Waals surface area contributed by atoms with Crippen molar-refractivity contribution in [3.8, 4) is 0 Å². The Labute approximate surface area is 128 Å². The Balaban J connectivity index is 2.09. The Hall–Kier alpha value is -1.12. The van der Waals surface area contributed by atoms with Gasteiger partial charge in [0.15, 0.2) is 15.8 Å². The van der Waals surface area contributed by atoms with Crippen molar-refractivity contribution in [2.75, 3.05) is 18.4 Å². The molecule has 2 heterocycles. The molecule has 1 aliphatic rings. The summed E-state index contributed by atoms with van der Waals surface area (Å²) in [4.78, 5) is 5.14. The van der Waals surface area contributed by atoms with Crippen LogP contribution in [0, 0.1) is 0 Å². The molecule has 1 fully saturated rings. The lowest BCUT2D eigenvalue weighted by Gasteiger charge is -2.20. The van der Waals surface area contributed by atoms with Crippen molar-refractivity contribution in [3.05, 3.63) is 11.6 Å². The van der Waals surface area contributed by atoms with Crippen LogP contribution >= 0.6 is 11.3 Å². The predicted octanol–water partition coefficient (Wildman–Crippen LogP) is 2.39. The molecule has 0 saturated heterocycles. The Morgan fingerprint density at radius 2 is 2.24 bits per heavy atom. The lowest BCUT2D eigenvalue weighted by Crippen LogP contribution is -2.34. The number of aromatic nitrogens is 2. The minimum absolute atomic E-state index is 0.156. The van der Waals surface area contributed by atoms with E-state index in [9.17, 15) is 8.42 Å². The van der Waals surface area contributed by atoms with Crippen LogP contribution in [0.4, 0.5) is 5.82 Å². The van der Waals surface area contributed by atoms with Crippen molar-refractivity contribution in [2.24, 2.45) is 0 Å². The van der Waals surface area contributed by atoms with E-state index in [1.807, 2.05) is 19.2 Å². The maximum absolute atomic E-state index is 13.0. The highest BCUT2D eigenvalue weighted by Crippen LogP contribution is 2.35. The maximum atomic E-state index is 13.0. The van der Waals surface area contributed by atoms with Gasteiger partial charge in [-0.2, -0.15) is 4.31 Å². The van der Waals surface area contributed by atoms with E-state index in [0.29, 0.717) is 23.9 Å². The molecule has 1 aliphatic carbocycles. The molecule has 0 spiro atoms. The van der Waals surface area contributed by atoms with Gasteiger partial charge in [0, 0.05) is 30.7 Å². The molecule has 2 aromatic rings. The first-order chi connectivity index (χ1) is 10.1. The van der Waals surface area contributed by atoms with Gasteiger partial charge in [0.1, 0.15) is 0 Å².